The second-order valence-electron chi connectivity index (χ2n) is 21.2. The van der Waals surface area contributed by atoms with Crippen LogP contribution in [0.15, 0.2) is 72.9 Å². The van der Waals surface area contributed by atoms with E-state index in [1.54, 1.807) is 0 Å². The largest absolute Gasteiger partial charge is 0.472 e. The lowest BCUT2D eigenvalue weighted by Gasteiger charge is -2.27. The van der Waals surface area contributed by atoms with Gasteiger partial charge in [0, 0.05) is 12.8 Å². The Hall–Kier alpha value is -2.55. The molecule has 9 nitrogen and oxygen atoms in total. The Morgan fingerprint density at radius 1 is 0.486 bits per heavy atom. The van der Waals surface area contributed by atoms with Crippen molar-refractivity contribution in [1.29, 1.82) is 0 Å². The molecule has 1 amide bonds. The van der Waals surface area contributed by atoms with E-state index in [1.807, 2.05) is 33.3 Å². The van der Waals surface area contributed by atoms with Gasteiger partial charge in [0.1, 0.15) is 19.3 Å². The monoisotopic (exact) mass is 1030 g/mol. The maximum Gasteiger partial charge on any atom is 0.472 e. The summed E-state index contributed by atoms with van der Waals surface area (Å²) in [5.74, 6) is -0.559. The van der Waals surface area contributed by atoms with Crippen LogP contribution in [0.1, 0.15) is 258 Å². The third-order valence-electron chi connectivity index (χ3n) is 12.9. The smallest absolute Gasteiger partial charge is 0.456 e. The average Bonchev–Trinajstić information content (AvgIpc) is 3.34. The van der Waals surface area contributed by atoms with E-state index in [0.717, 1.165) is 83.5 Å². The molecule has 0 spiro atoms. The molecule has 2 N–H and O–H groups in total. The highest BCUT2D eigenvalue weighted by Crippen LogP contribution is 2.43. The van der Waals surface area contributed by atoms with Crippen LogP contribution >= 0.6 is 7.82 Å². The Labute approximate surface area is 444 Å². The maximum atomic E-state index is 13.5. The summed E-state index contributed by atoms with van der Waals surface area (Å²) in [6, 6.07) is -0.873. The SMILES string of the molecule is CCCCC/C=C\C/C=C\C/C=C\C/C=C\CCCCCC(=O)NC(COP(=O)(O)OCC[N+](C)(C)C)C(/C=C\CCCCCCCCCCCCC)OC(=O)CCCCC/C=C\CCCCCCCCC. The molecule has 0 aromatic heterocycles. The second kappa shape index (κ2) is 51.9. The fourth-order valence-corrected chi connectivity index (χ4v) is 8.95. The van der Waals surface area contributed by atoms with E-state index in [0.29, 0.717) is 30.3 Å². The molecule has 0 saturated carbocycles. The predicted octanol–water partition coefficient (Wildman–Crippen LogP) is 18.1. The topological polar surface area (TPSA) is 111 Å². The van der Waals surface area contributed by atoms with Gasteiger partial charge in [0.2, 0.25) is 5.91 Å². The number of rotatable bonds is 53. The van der Waals surface area contributed by atoms with E-state index in [2.05, 4.69) is 86.8 Å². The zero-order valence-corrected chi connectivity index (χ0v) is 48.6. The highest BCUT2D eigenvalue weighted by atomic mass is 31.2. The Kier molecular flexibility index (Phi) is 50.1. The summed E-state index contributed by atoms with van der Waals surface area (Å²) in [6.45, 7) is 6.94. The number of esters is 1. The molecule has 72 heavy (non-hydrogen) atoms. The van der Waals surface area contributed by atoms with Gasteiger partial charge in [0.25, 0.3) is 0 Å². The van der Waals surface area contributed by atoms with Gasteiger partial charge in [-0.3, -0.25) is 18.6 Å². The van der Waals surface area contributed by atoms with Crippen molar-refractivity contribution in [3.63, 3.8) is 0 Å². The van der Waals surface area contributed by atoms with Crippen LogP contribution < -0.4 is 5.32 Å². The van der Waals surface area contributed by atoms with E-state index in [-0.39, 0.29) is 31.5 Å². The van der Waals surface area contributed by atoms with E-state index < -0.39 is 20.0 Å². The first-order valence-electron chi connectivity index (χ1n) is 29.8. The summed E-state index contributed by atoms with van der Waals surface area (Å²) in [4.78, 5) is 37.6. The Bertz CT molecular complexity index is 1460. The van der Waals surface area contributed by atoms with Gasteiger partial charge >= 0.3 is 13.8 Å². The van der Waals surface area contributed by atoms with Crippen LogP contribution in [0.3, 0.4) is 0 Å². The van der Waals surface area contributed by atoms with Crippen LogP contribution in [0.4, 0.5) is 0 Å². The fourth-order valence-electron chi connectivity index (χ4n) is 8.21. The molecule has 0 aliphatic carbocycles. The number of phosphoric acid groups is 1. The van der Waals surface area contributed by atoms with Crippen molar-refractivity contribution >= 4 is 19.7 Å². The van der Waals surface area contributed by atoms with Crippen LogP contribution in [0.25, 0.3) is 0 Å². The summed E-state index contributed by atoms with van der Waals surface area (Å²) in [5, 5.41) is 3.03. The van der Waals surface area contributed by atoms with Gasteiger partial charge in [0.05, 0.1) is 33.8 Å². The third kappa shape index (κ3) is 52.3. The van der Waals surface area contributed by atoms with Gasteiger partial charge < -0.3 is 19.4 Å². The zero-order valence-electron chi connectivity index (χ0n) is 47.7. The van der Waals surface area contributed by atoms with E-state index in [4.69, 9.17) is 13.8 Å². The van der Waals surface area contributed by atoms with Crippen molar-refractivity contribution < 1.29 is 37.3 Å². The number of nitrogens with one attached hydrogen (secondary N) is 1. The van der Waals surface area contributed by atoms with Gasteiger partial charge in [-0.25, -0.2) is 4.57 Å². The third-order valence-corrected chi connectivity index (χ3v) is 13.9. The van der Waals surface area contributed by atoms with Crippen molar-refractivity contribution in [3.8, 4) is 0 Å². The number of unbranched alkanes of at least 4 members (excludes halogenated alkanes) is 27. The van der Waals surface area contributed by atoms with Gasteiger partial charge in [-0.2, -0.15) is 0 Å². The molecule has 0 aromatic rings. The Morgan fingerprint density at radius 3 is 1.31 bits per heavy atom. The molecule has 3 atom stereocenters. The van der Waals surface area contributed by atoms with Gasteiger partial charge in [-0.1, -0.05) is 216 Å². The molecule has 10 heteroatoms. The zero-order chi connectivity index (χ0) is 52.9. The highest BCUT2D eigenvalue weighted by Gasteiger charge is 2.30. The minimum atomic E-state index is -4.46. The molecule has 0 rings (SSSR count). The number of allylic oxidation sites excluding steroid dienone is 11. The summed E-state index contributed by atoms with van der Waals surface area (Å²) in [6.07, 6.45) is 66.1. The first-order chi connectivity index (χ1) is 34.9. The number of quaternary nitrogens is 1. The molecule has 0 fully saturated rings. The van der Waals surface area contributed by atoms with Crippen LogP contribution in [0, 0.1) is 0 Å². The lowest BCUT2D eigenvalue weighted by atomic mass is 10.0. The minimum absolute atomic E-state index is 0.0294. The quantitative estimate of drug-likeness (QED) is 0.0205. The van der Waals surface area contributed by atoms with Crippen molar-refractivity contribution in [2.75, 3.05) is 40.9 Å². The standard InChI is InChI=1S/C62H113N2O7P/c1-7-10-13-16-19-22-25-28-30-31-32-33-34-36-39-42-45-48-51-54-61(65)63-59(58-70-72(67,68)69-57-56-64(4,5)6)60(53-50-47-44-41-38-35-27-24-21-18-15-12-9-3)71-62(66)55-52-49-46-43-40-37-29-26-23-20-17-14-11-8-2/h19,22,28,30,32-33,36-37,39-40,50,53,59-60H,7-18,20-21,23-27,29,31,34-35,38,41-49,51-52,54-58H2,1-6H3,(H-,63,65,67,68)/p+1/b22-19-,30-28-,33-32-,39-36-,40-37-,53-50-. The number of carbonyl (C=O) groups is 2. The number of phosphoric ester groups is 1. The second-order valence-corrected chi connectivity index (χ2v) is 22.6. The molecule has 0 heterocycles. The lowest BCUT2D eigenvalue weighted by Crippen LogP contribution is -2.47. The molecular weight excluding hydrogens is 916 g/mol. The number of likely N-dealkylation sites (N-methyl/N-ethyl adjacent to an activating group) is 1. The van der Waals surface area contributed by atoms with Crippen molar-refractivity contribution in [2.45, 2.75) is 270 Å². The summed E-state index contributed by atoms with van der Waals surface area (Å²) in [7, 11) is 1.46. The van der Waals surface area contributed by atoms with Gasteiger partial charge in [-0.15, -0.1) is 0 Å². The Balaban J connectivity index is 5.42. The molecule has 0 aliphatic rings. The molecule has 418 valence electrons. The average molecular weight is 1030 g/mol. The number of hydrogen-bond acceptors (Lipinski definition) is 6. The summed E-state index contributed by atoms with van der Waals surface area (Å²) in [5.41, 5.74) is 0. The van der Waals surface area contributed by atoms with E-state index >= 15 is 0 Å². The van der Waals surface area contributed by atoms with Crippen LogP contribution in [-0.2, 0) is 27.9 Å². The molecule has 0 radical (unpaired) electrons. The van der Waals surface area contributed by atoms with Gasteiger partial charge in [-0.05, 0) is 102 Å². The lowest BCUT2D eigenvalue weighted by molar-refractivity contribution is -0.870. The van der Waals surface area contributed by atoms with E-state index in [1.165, 1.54) is 128 Å². The van der Waals surface area contributed by atoms with Crippen molar-refractivity contribution in [1.82, 2.24) is 5.32 Å². The fraction of sp³-hybridized carbons (Fsp3) is 0.774. The normalized spacial score (nSPS) is 14.3. The van der Waals surface area contributed by atoms with Crippen LogP contribution in [0.5, 0.6) is 0 Å². The molecule has 0 aliphatic heterocycles. The molecule has 3 unspecified atom stereocenters. The highest BCUT2D eigenvalue weighted by molar-refractivity contribution is 7.47. The summed E-state index contributed by atoms with van der Waals surface area (Å²) >= 11 is 0. The molecule has 0 aromatic carbocycles. The van der Waals surface area contributed by atoms with Crippen LogP contribution in [-0.4, -0.2) is 74.3 Å². The predicted molar refractivity (Wildman–Crippen MR) is 309 cm³/mol. The Morgan fingerprint density at radius 2 is 0.847 bits per heavy atom. The van der Waals surface area contributed by atoms with Gasteiger partial charge in [0.15, 0.2) is 0 Å². The first kappa shape index (κ1) is 69.5. The summed E-state index contributed by atoms with van der Waals surface area (Å²) < 4.78 is 30.6. The maximum absolute atomic E-state index is 13.5. The first-order valence-corrected chi connectivity index (χ1v) is 31.3. The van der Waals surface area contributed by atoms with Crippen molar-refractivity contribution in [2.24, 2.45) is 0 Å². The van der Waals surface area contributed by atoms with E-state index in [9.17, 15) is 19.0 Å². The number of nitrogens with zero attached hydrogens (tertiary/aromatic N) is 1. The number of ether oxygens (including phenoxy) is 1. The molecular formula is C62H114N2O7P+. The molecule has 0 saturated heterocycles. The number of carbonyl (C=O) groups excluding carboxylic acids is 2. The number of hydrogen-bond donors (Lipinski definition) is 2. The van der Waals surface area contributed by atoms with Crippen LogP contribution in [0.2, 0.25) is 0 Å². The van der Waals surface area contributed by atoms with Crippen molar-refractivity contribution in [3.05, 3.63) is 72.9 Å². The molecule has 0 bridgehead atoms. The number of amides is 1. The minimum Gasteiger partial charge on any atom is -0.456 e.